The number of hydrogen-bond donors (Lipinski definition) is 5. The first kappa shape index (κ1) is 24.7. The number of rotatable bonds is 4. The van der Waals surface area contributed by atoms with Gasteiger partial charge in [-0.05, 0) is 30.5 Å². The van der Waals surface area contributed by atoms with Crippen LogP contribution in [-0.4, -0.2) is 62.4 Å². The highest BCUT2D eigenvalue weighted by Gasteiger charge is 2.32. The molecule has 2 atom stereocenters. The molecule has 35 heavy (non-hydrogen) atoms. The summed E-state index contributed by atoms with van der Waals surface area (Å²) < 4.78 is 7.75. The maximum atomic E-state index is 13.3. The normalized spacial score (nSPS) is 19.6. The minimum atomic E-state index is -1.70. The van der Waals surface area contributed by atoms with E-state index in [1.54, 1.807) is 36.8 Å². The van der Waals surface area contributed by atoms with E-state index in [0.29, 0.717) is 58.3 Å². The van der Waals surface area contributed by atoms with E-state index >= 15 is 0 Å². The number of nitrogens with zero attached hydrogens (tertiary/aromatic N) is 4. The number of nitrogens with one attached hydrogen (secondary N) is 3. The second-order valence-electron chi connectivity index (χ2n) is 8.61. The molecule has 7 N–H and O–H groups in total. The van der Waals surface area contributed by atoms with Gasteiger partial charge in [0, 0.05) is 25.6 Å². The van der Waals surface area contributed by atoms with E-state index in [0.717, 1.165) is 0 Å². The first-order chi connectivity index (χ1) is 16.6. The number of nitrogen functional groups attached to an aromatic ring is 1. The molecule has 4 radical (unpaired) electrons. The molecule has 4 bridgehead atoms. The minimum Gasteiger partial charge on any atom is -0.397 e. The molecule has 1 aromatic carbocycles. The zero-order chi connectivity index (χ0) is 25.5. The Morgan fingerprint density at radius 1 is 1.29 bits per heavy atom. The monoisotopic (exact) mass is 473 g/mol. The predicted molar refractivity (Wildman–Crippen MR) is 139 cm³/mol. The third kappa shape index (κ3) is 4.48. The molecule has 180 valence electrons. The van der Waals surface area contributed by atoms with E-state index in [4.69, 9.17) is 32.0 Å². The number of carbonyl (C=O) groups is 1. The lowest BCUT2D eigenvalue weighted by molar-refractivity contribution is -0.0196. The van der Waals surface area contributed by atoms with Crippen LogP contribution in [0.3, 0.4) is 0 Å². The molecular weight excluding hydrogens is 444 g/mol. The van der Waals surface area contributed by atoms with Crippen molar-refractivity contribution in [1.29, 1.82) is 0 Å². The van der Waals surface area contributed by atoms with E-state index in [2.05, 4.69) is 26.0 Å². The second kappa shape index (κ2) is 9.31. The largest absolute Gasteiger partial charge is 0.397 e. The molecule has 13 heteroatoms. The standard InChI is InChI=1S/C22H29B2N9O2/c1-5-14-16(6-2)35-22(23,24)11-7-13(25)19(32(4)26)15(8-11)29-17-9-18(27-3)33-20(31-17)12(10-28-33)21(34)30-14/h7-10,14,16,27H,5-6,25-26H2,1-4H3,(H,29,31)(H,30,34). The van der Waals surface area contributed by atoms with E-state index < -0.39 is 11.5 Å². The fourth-order valence-electron chi connectivity index (χ4n) is 4.35. The SMILES string of the molecule is [B]C1([B])OC(CC)C(CC)NC(=O)c2cnn3c(NC)cc(nc23)Nc2cc1cc(N)c2N(C)N. The molecule has 11 nitrogen and oxygen atoms in total. The quantitative estimate of drug-likeness (QED) is 0.163. The van der Waals surface area contributed by atoms with Crippen molar-refractivity contribution in [3.63, 3.8) is 0 Å². The van der Waals surface area contributed by atoms with Crippen LogP contribution in [0.2, 0.25) is 0 Å². The number of hydrazine groups is 1. The van der Waals surface area contributed by atoms with Crippen LogP contribution < -0.4 is 32.5 Å². The van der Waals surface area contributed by atoms with Gasteiger partial charge in [0.1, 0.15) is 32.9 Å². The van der Waals surface area contributed by atoms with Gasteiger partial charge in [0.15, 0.2) is 5.65 Å². The summed E-state index contributed by atoms with van der Waals surface area (Å²) in [6.07, 6.45) is 2.15. The van der Waals surface area contributed by atoms with Crippen molar-refractivity contribution in [1.82, 2.24) is 19.9 Å². The number of aromatic nitrogens is 3. The van der Waals surface area contributed by atoms with Gasteiger partial charge in [0.05, 0.1) is 35.4 Å². The summed E-state index contributed by atoms with van der Waals surface area (Å²) in [6, 6.07) is 4.74. The van der Waals surface area contributed by atoms with E-state index in [1.807, 2.05) is 13.8 Å². The Hall–Kier alpha value is -3.44. The third-order valence-corrected chi connectivity index (χ3v) is 6.13. The molecule has 0 fully saturated rings. The van der Waals surface area contributed by atoms with Gasteiger partial charge in [0.2, 0.25) is 0 Å². The summed E-state index contributed by atoms with van der Waals surface area (Å²) in [4.78, 5) is 18.0. The first-order valence-electron chi connectivity index (χ1n) is 11.4. The van der Waals surface area contributed by atoms with Crippen LogP contribution in [0.15, 0.2) is 24.4 Å². The van der Waals surface area contributed by atoms with Crippen molar-refractivity contribution in [2.75, 3.05) is 35.5 Å². The second-order valence-corrected chi connectivity index (χ2v) is 8.61. The summed E-state index contributed by atoms with van der Waals surface area (Å²) in [5.41, 5.74) is 8.85. The van der Waals surface area contributed by atoms with Crippen molar-refractivity contribution >= 4 is 55.9 Å². The van der Waals surface area contributed by atoms with Gasteiger partial charge in [0.25, 0.3) is 5.91 Å². The smallest absolute Gasteiger partial charge is 0.257 e. The van der Waals surface area contributed by atoms with Gasteiger partial charge >= 0.3 is 0 Å². The number of carbonyl (C=O) groups excluding carboxylic acids is 1. The highest BCUT2D eigenvalue weighted by molar-refractivity contribution is 6.39. The predicted octanol–water partition coefficient (Wildman–Crippen LogP) is 1.17. The molecule has 1 aliphatic rings. The van der Waals surface area contributed by atoms with Gasteiger partial charge in [-0.2, -0.15) is 9.61 Å². The van der Waals surface area contributed by atoms with Crippen molar-refractivity contribution in [2.45, 2.75) is 44.2 Å². The molecule has 3 aromatic rings. The highest BCUT2D eigenvalue weighted by atomic mass is 16.5. The van der Waals surface area contributed by atoms with Gasteiger partial charge < -0.3 is 31.4 Å². The van der Waals surface area contributed by atoms with Crippen molar-refractivity contribution in [3.05, 3.63) is 35.5 Å². The number of amides is 1. The highest BCUT2D eigenvalue weighted by Crippen LogP contribution is 2.38. The number of fused-ring (bicyclic) bond motifs is 3. The summed E-state index contributed by atoms with van der Waals surface area (Å²) in [6.45, 7) is 3.89. The molecule has 3 heterocycles. The average Bonchev–Trinajstić information content (AvgIpc) is 3.23. The fourth-order valence-corrected chi connectivity index (χ4v) is 4.35. The Labute approximate surface area is 206 Å². The van der Waals surface area contributed by atoms with Gasteiger partial charge in [-0.15, -0.1) is 0 Å². The van der Waals surface area contributed by atoms with Crippen LogP contribution in [0.5, 0.6) is 0 Å². The first-order valence-corrected chi connectivity index (χ1v) is 11.4. The molecule has 0 saturated heterocycles. The summed E-state index contributed by atoms with van der Waals surface area (Å²) in [5, 5.41) is 13.4. The molecule has 0 spiro atoms. The Balaban J connectivity index is 2.00. The minimum absolute atomic E-state index is 0.312. The topological polar surface area (TPSA) is 148 Å². The van der Waals surface area contributed by atoms with Gasteiger partial charge in [-0.3, -0.25) is 4.79 Å². The lowest BCUT2D eigenvalue weighted by Gasteiger charge is -2.37. The van der Waals surface area contributed by atoms with Crippen molar-refractivity contribution in [3.8, 4) is 0 Å². The summed E-state index contributed by atoms with van der Waals surface area (Å²) in [5.74, 6) is 6.80. The maximum absolute atomic E-state index is 13.3. The number of hydrogen-bond acceptors (Lipinski definition) is 9. The van der Waals surface area contributed by atoms with E-state index in [-0.39, 0.29) is 11.9 Å². The number of anilines is 5. The number of ether oxygens (including phenoxy) is 1. The van der Waals surface area contributed by atoms with Crippen LogP contribution >= 0.6 is 0 Å². The van der Waals surface area contributed by atoms with Crippen LogP contribution in [0.1, 0.15) is 42.6 Å². The molecule has 2 unspecified atom stereocenters. The van der Waals surface area contributed by atoms with Crippen molar-refractivity contribution < 1.29 is 9.53 Å². The molecule has 1 aliphatic heterocycles. The van der Waals surface area contributed by atoms with Crippen LogP contribution in [0, 0.1) is 0 Å². The molecule has 4 rings (SSSR count). The molecule has 0 aliphatic carbocycles. The summed E-state index contributed by atoms with van der Waals surface area (Å²) in [7, 11) is 16.4. The Morgan fingerprint density at radius 3 is 2.66 bits per heavy atom. The maximum Gasteiger partial charge on any atom is 0.257 e. The van der Waals surface area contributed by atoms with Gasteiger partial charge in [-0.1, -0.05) is 13.8 Å². The van der Waals surface area contributed by atoms with E-state index in [1.165, 1.54) is 11.2 Å². The van der Waals surface area contributed by atoms with Crippen LogP contribution in [0.4, 0.5) is 28.7 Å². The molecule has 2 aromatic heterocycles. The molecule has 0 saturated carbocycles. The Bertz CT molecular complexity index is 1260. The van der Waals surface area contributed by atoms with Crippen molar-refractivity contribution in [2.24, 2.45) is 5.84 Å². The van der Waals surface area contributed by atoms with E-state index in [9.17, 15) is 4.79 Å². The summed E-state index contributed by atoms with van der Waals surface area (Å²) >= 11 is 0. The Morgan fingerprint density at radius 2 is 2.03 bits per heavy atom. The van der Waals surface area contributed by atoms with Crippen LogP contribution in [0.25, 0.3) is 5.65 Å². The number of nitrogens with two attached hydrogens (primary N) is 2. The number of benzene rings is 1. The fraction of sp³-hybridized carbons (Fsp3) is 0.409. The van der Waals surface area contributed by atoms with Gasteiger partial charge in [-0.25, -0.2) is 10.8 Å². The lowest BCUT2D eigenvalue weighted by atomic mass is 9.60. The third-order valence-electron chi connectivity index (χ3n) is 6.13. The zero-order valence-electron chi connectivity index (χ0n) is 20.3. The molecular formula is C22H29B2N9O2. The lowest BCUT2D eigenvalue weighted by Crippen LogP contribution is -2.48. The zero-order valence-corrected chi connectivity index (χ0v) is 20.3. The average molecular weight is 473 g/mol. The molecule has 1 amide bonds. The Kier molecular flexibility index (Phi) is 6.56. The van der Waals surface area contributed by atoms with Crippen LogP contribution in [-0.2, 0) is 10.1 Å².